The second-order valence-corrected chi connectivity index (χ2v) is 6.62. The van der Waals surface area contributed by atoms with Crippen molar-refractivity contribution in [1.29, 1.82) is 0 Å². The van der Waals surface area contributed by atoms with E-state index in [4.69, 9.17) is 4.74 Å². The zero-order chi connectivity index (χ0) is 18.8. The quantitative estimate of drug-likeness (QED) is 0.413. The maximum absolute atomic E-state index is 5.87. The molecule has 4 aromatic rings. The van der Waals surface area contributed by atoms with Gasteiger partial charge in [0.05, 0.1) is 5.52 Å². The predicted molar refractivity (Wildman–Crippen MR) is 117 cm³/mol. The number of para-hydroxylation sites is 1. The van der Waals surface area contributed by atoms with Crippen molar-refractivity contribution in [2.45, 2.75) is 13.8 Å². The number of rotatable bonds is 4. The summed E-state index contributed by atoms with van der Waals surface area (Å²) >= 11 is 0. The summed E-state index contributed by atoms with van der Waals surface area (Å²) in [6, 6.07) is 22.1. The molecule has 0 aliphatic carbocycles. The van der Waals surface area contributed by atoms with Crippen LogP contribution in [0.25, 0.3) is 10.9 Å². The minimum absolute atomic E-state index is 0. The predicted octanol–water partition coefficient (Wildman–Crippen LogP) is 6.23. The van der Waals surface area contributed by atoms with Gasteiger partial charge in [-0.05, 0) is 73.5 Å². The van der Waals surface area contributed by atoms with E-state index < -0.39 is 0 Å². The van der Waals surface area contributed by atoms with Crippen LogP contribution in [0.2, 0.25) is 0 Å². The third-order valence-corrected chi connectivity index (χ3v) is 4.75. The lowest BCUT2D eigenvalue weighted by atomic mass is 10.1. The average molecular weight is 392 g/mol. The van der Waals surface area contributed by atoms with Gasteiger partial charge in [-0.25, -0.2) is 9.97 Å². The van der Waals surface area contributed by atoms with E-state index in [1.165, 1.54) is 11.1 Å². The zero-order valence-electron chi connectivity index (χ0n) is 16.1. The molecule has 0 spiro atoms. The third-order valence-electron chi connectivity index (χ3n) is 4.75. The largest absolute Gasteiger partial charge is 0.457 e. The second-order valence-electron chi connectivity index (χ2n) is 6.62. The standard InChI is InChI=1S/C23H21N3O.ClH/c1-16-13-21-22(14-17(16)2)24-15-25-23(21)26(3)18-9-11-20(12-10-18)27-19-7-5-4-6-8-19;/h4-15H,1-3H3;1H. The monoisotopic (exact) mass is 391 g/mol. The minimum atomic E-state index is 0. The number of aromatic nitrogens is 2. The van der Waals surface area contributed by atoms with Gasteiger partial charge >= 0.3 is 0 Å². The van der Waals surface area contributed by atoms with Crippen LogP contribution < -0.4 is 9.64 Å². The van der Waals surface area contributed by atoms with Crippen LogP contribution >= 0.6 is 12.4 Å². The van der Waals surface area contributed by atoms with Gasteiger partial charge in [-0.15, -0.1) is 12.4 Å². The molecule has 0 N–H and O–H groups in total. The van der Waals surface area contributed by atoms with Gasteiger partial charge in [0, 0.05) is 18.1 Å². The summed E-state index contributed by atoms with van der Waals surface area (Å²) in [4.78, 5) is 11.0. The molecule has 0 unspecified atom stereocenters. The molecule has 0 saturated carbocycles. The normalized spacial score (nSPS) is 10.4. The van der Waals surface area contributed by atoms with Gasteiger partial charge < -0.3 is 9.64 Å². The fourth-order valence-corrected chi connectivity index (χ4v) is 3.05. The molecule has 1 heterocycles. The third kappa shape index (κ3) is 3.92. The van der Waals surface area contributed by atoms with E-state index in [1.807, 2.05) is 61.6 Å². The van der Waals surface area contributed by atoms with E-state index in [1.54, 1.807) is 6.33 Å². The Morgan fingerprint density at radius 3 is 2.14 bits per heavy atom. The fourth-order valence-electron chi connectivity index (χ4n) is 3.05. The summed E-state index contributed by atoms with van der Waals surface area (Å²) < 4.78 is 5.87. The number of halogens is 1. The molecule has 142 valence electrons. The summed E-state index contributed by atoms with van der Waals surface area (Å²) in [5.74, 6) is 2.52. The Balaban J connectivity index is 0.00000225. The molecular formula is C23H22ClN3O. The van der Waals surface area contributed by atoms with E-state index in [-0.39, 0.29) is 12.4 Å². The Morgan fingerprint density at radius 1 is 0.786 bits per heavy atom. The molecule has 0 amide bonds. The van der Waals surface area contributed by atoms with Crippen molar-refractivity contribution in [3.63, 3.8) is 0 Å². The highest BCUT2D eigenvalue weighted by atomic mass is 35.5. The summed E-state index contributed by atoms with van der Waals surface area (Å²) in [5.41, 5.74) is 4.46. The molecule has 0 aliphatic heterocycles. The Bertz CT molecular complexity index is 1080. The molecule has 4 rings (SSSR count). The highest BCUT2D eigenvalue weighted by molar-refractivity contribution is 5.92. The van der Waals surface area contributed by atoms with Gasteiger partial charge in [0.1, 0.15) is 23.6 Å². The molecule has 0 saturated heterocycles. The number of anilines is 2. The van der Waals surface area contributed by atoms with Gasteiger partial charge in [0.2, 0.25) is 0 Å². The maximum atomic E-state index is 5.87. The minimum Gasteiger partial charge on any atom is -0.457 e. The van der Waals surface area contributed by atoms with Gasteiger partial charge in [0.25, 0.3) is 0 Å². The lowest BCUT2D eigenvalue weighted by Crippen LogP contribution is -2.12. The number of hydrogen-bond donors (Lipinski definition) is 0. The maximum Gasteiger partial charge on any atom is 0.144 e. The average Bonchev–Trinajstić information content (AvgIpc) is 2.69. The zero-order valence-corrected chi connectivity index (χ0v) is 16.9. The van der Waals surface area contributed by atoms with Crippen LogP contribution in [-0.4, -0.2) is 17.0 Å². The number of benzene rings is 3. The first-order chi connectivity index (χ1) is 13.1. The Morgan fingerprint density at radius 2 is 1.43 bits per heavy atom. The van der Waals surface area contributed by atoms with Crippen molar-refractivity contribution >= 4 is 34.8 Å². The van der Waals surface area contributed by atoms with Gasteiger partial charge in [0.15, 0.2) is 0 Å². The topological polar surface area (TPSA) is 38.2 Å². The first-order valence-electron chi connectivity index (χ1n) is 8.90. The van der Waals surface area contributed by atoms with Crippen molar-refractivity contribution in [2.75, 3.05) is 11.9 Å². The molecule has 3 aromatic carbocycles. The van der Waals surface area contributed by atoms with Gasteiger partial charge in [-0.2, -0.15) is 0 Å². The number of nitrogens with zero attached hydrogens (tertiary/aromatic N) is 3. The lowest BCUT2D eigenvalue weighted by molar-refractivity contribution is 0.483. The first kappa shape index (κ1) is 19.6. The van der Waals surface area contributed by atoms with Crippen LogP contribution in [0, 0.1) is 13.8 Å². The molecule has 5 heteroatoms. The summed E-state index contributed by atoms with van der Waals surface area (Å²) in [6.45, 7) is 4.22. The van der Waals surface area contributed by atoms with Gasteiger partial charge in [-0.1, -0.05) is 18.2 Å². The number of ether oxygens (including phenoxy) is 1. The van der Waals surface area contributed by atoms with Crippen LogP contribution in [0.15, 0.2) is 73.1 Å². The van der Waals surface area contributed by atoms with E-state index in [0.29, 0.717) is 0 Å². The Hall–Kier alpha value is -3.11. The fraction of sp³-hybridized carbons (Fsp3) is 0.130. The van der Waals surface area contributed by atoms with Crippen LogP contribution in [0.3, 0.4) is 0 Å². The highest BCUT2D eigenvalue weighted by Crippen LogP contribution is 2.31. The molecule has 4 nitrogen and oxygen atoms in total. The smallest absolute Gasteiger partial charge is 0.144 e. The molecule has 0 atom stereocenters. The summed E-state index contributed by atoms with van der Waals surface area (Å²) in [6.07, 6.45) is 1.62. The number of hydrogen-bond acceptors (Lipinski definition) is 4. The molecule has 1 aromatic heterocycles. The second kappa shape index (κ2) is 8.28. The van der Waals surface area contributed by atoms with Crippen LogP contribution in [-0.2, 0) is 0 Å². The highest BCUT2D eigenvalue weighted by Gasteiger charge is 2.12. The molecule has 0 fully saturated rings. The summed E-state index contributed by atoms with van der Waals surface area (Å²) in [7, 11) is 2.02. The van der Waals surface area contributed by atoms with Crippen molar-refractivity contribution in [3.8, 4) is 11.5 Å². The first-order valence-corrected chi connectivity index (χ1v) is 8.90. The number of aryl methyl sites for hydroxylation is 2. The summed E-state index contributed by atoms with van der Waals surface area (Å²) in [5, 5.41) is 1.05. The Labute approximate surface area is 171 Å². The van der Waals surface area contributed by atoms with E-state index in [0.717, 1.165) is 33.9 Å². The van der Waals surface area contributed by atoms with E-state index >= 15 is 0 Å². The van der Waals surface area contributed by atoms with Gasteiger partial charge in [-0.3, -0.25) is 0 Å². The molecule has 28 heavy (non-hydrogen) atoms. The van der Waals surface area contributed by atoms with Crippen LogP contribution in [0.5, 0.6) is 11.5 Å². The molecule has 0 aliphatic rings. The van der Waals surface area contributed by atoms with Crippen molar-refractivity contribution in [2.24, 2.45) is 0 Å². The van der Waals surface area contributed by atoms with Crippen molar-refractivity contribution in [3.05, 3.63) is 84.2 Å². The Kier molecular flexibility index (Phi) is 5.81. The van der Waals surface area contributed by atoms with Crippen molar-refractivity contribution in [1.82, 2.24) is 9.97 Å². The van der Waals surface area contributed by atoms with Crippen LogP contribution in [0.1, 0.15) is 11.1 Å². The SMILES string of the molecule is Cc1cc2ncnc(N(C)c3ccc(Oc4ccccc4)cc3)c2cc1C.Cl. The molecule has 0 radical (unpaired) electrons. The lowest BCUT2D eigenvalue weighted by Gasteiger charge is -2.20. The van der Waals surface area contributed by atoms with E-state index in [9.17, 15) is 0 Å². The van der Waals surface area contributed by atoms with Crippen molar-refractivity contribution < 1.29 is 4.74 Å². The van der Waals surface area contributed by atoms with E-state index in [2.05, 4.69) is 40.8 Å². The number of fused-ring (bicyclic) bond motifs is 1. The molecule has 0 bridgehead atoms. The van der Waals surface area contributed by atoms with Crippen LogP contribution in [0.4, 0.5) is 11.5 Å². The molecular weight excluding hydrogens is 370 g/mol.